The number of nitrogens with two attached hydrogens (primary N) is 1. The molecule has 6 heteroatoms. The Hall–Kier alpha value is -0.980. The number of aromatic nitrogens is 2. The second kappa shape index (κ2) is 5.77. The molecule has 1 aromatic heterocycles. The number of aliphatic hydroxyl groups is 1. The Balaban J connectivity index is 2.95. The highest BCUT2D eigenvalue weighted by atomic mass is 16.5. The zero-order chi connectivity index (χ0) is 13.9. The molecule has 0 aliphatic rings. The summed E-state index contributed by atoms with van der Waals surface area (Å²) in [6, 6.07) is -0.673. The molecule has 6 nitrogen and oxygen atoms in total. The van der Waals surface area contributed by atoms with E-state index in [0.717, 1.165) is 0 Å². The Morgan fingerprint density at radius 3 is 2.50 bits per heavy atom. The molecule has 0 radical (unpaired) electrons. The van der Waals surface area contributed by atoms with Crippen LogP contribution in [-0.2, 0) is 4.74 Å². The number of rotatable bonds is 5. The fourth-order valence-corrected chi connectivity index (χ4v) is 1.57. The van der Waals surface area contributed by atoms with Crippen molar-refractivity contribution >= 4 is 0 Å². The standard InChI is InChI=1S/C12H23N3O3/c1-6-17-9(12(3,4)5)10-14-11(18-15-10)8(13)7(2)16/h7-9,16H,6,13H2,1-5H3/t7-,8+,9?/m1/s1. The molecule has 1 rings (SSSR count). The van der Waals surface area contributed by atoms with Crippen molar-refractivity contribution in [3.63, 3.8) is 0 Å². The maximum absolute atomic E-state index is 9.40. The van der Waals surface area contributed by atoms with Crippen LogP contribution in [0.1, 0.15) is 58.5 Å². The van der Waals surface area contributed by atoms with Crippen molar-refractivity contribution in [3.05, 3.63) is 11.7 Å². The van der Waals surface area contributed by atoms with Crippen LogP contribution in [0.2, 0.25) is 0 Å². The van der Waals surface area contributed by atoms with E-state index in [1.54, 1.807) is 6.92 Å². The summed E-state index contributed by atoms with van der Waals surface area (Å²) in [5.74, 6) is 0.699. The van der Waals surface area contributed by atoms with Gasteiger partial charge in [0, 0.05) is 6.61 Å². The summed E-state index contributed by atoms with van der Waals surface area (Å²) < 4.78 is 10.7. The van der Waals surface area contributed by atoms with Crippen molar-refractivity contribution in [2.45, 2.75) is 52.9 Å². The lowest BCUT2D eigenvalue weighted by molar-refractivity contribution is -0.0203. The molecule has 0 aliphatic carbocycles. The molecule has 3 N–H and O–H groups in total. The quantitative estimate of drug-likeness (QED) is 0.831. The molecule has 1 unspecified atom stereocenters. The third-order valence-corrected chi connectivity index (χ3v) is 2.62. The molecule has 3 atom stereocenters. The second-order valence-corrected chi connectivity index (χ2v) is 5.46. The highest BCUT2D eigenvalue weighted by Gasteiger charge is 2.32. The van der Waals surface area contributed by atoms with Crippen LogP contribution in [0.3, 0.4) is 0 Å². The Morgan fingerprint density at radius 1 is 1.44 bits per heavy atom. The summed E-state index contributed by atoms with van der Waals surface area (Å²) in [6.07, 6.45) is -1.00. The smallest absolute Gasteiger partial charge is 0.246 e. The first-order valence-electron chi connectivity index (χ1n) is 6.16. The Morgan fingerprint density at radius 2 is 2.06 bits per heavy atom. The van der Waals surface area contributed by atoms with Crippen LogP contribution in [0.15, 0.2) is 4.52 Å². The normalized spacial score (nSPS) is 17.5. The molecular formula is C12H23N3O3. The Bertz CT molecular complexity index is 371. The summed E-state index contributed by atoms with van der Waals surface area (Å²) in [4.78, 5) is 4.23. The van der Waals surface area contributed by atoms with Crippen LogP contribution in [0.25, 0.3) is 0 Å². The zero-order valence-electron chi connectivity index (χ0n) is 11.7. The molecule has 0 aliphatic heterocycles. The molecule has 0 aromatic carbocycles. The van der Waals surface area contributed by atoms with E-state index in [1.807, 2.05) is 27.7 Å². The summed E-state index contributed by atoms with van der Waals surface area (Å²) in [6.45, 7) is 10.2. The van der Waals surface area contributed by atoms with Gasteiger partial charge < -0.3 is 20.1 Å². The first kappa shape index (κ1) is 15.1. The van der Waals surface area contributed by atoms with E-state index in [1.165, 1.54) is 0 Å². The molecule has 18 heavy (non-hydrogen) atoms. The number of aliphatic hydroxyl groups excluding tert-OH is 1. The Labute approximate surface area is 108 Å². The van der Waals surface area contributed by atoms with Gasteiger partial charge in [-0.3, -0.25) is 0 Å². The van der Waals surface area contributed by atoms with Crippen LogP contribution >= 0.6 is 0 Å². The van der Waals surface area contributed by atoms with Gasteiger partial charge >= 0.3 is 0 Å². The lowest BCUT2D eigenvalue weighted by Gasteiger charge is -2.27. The predicted molar refractivity (Wildman–Crippen MR) is 66.7 cm³/mol. The minimum Gasteiger partial charge on any atom is -0.391 e. The average Bonchev–Trinajstić information content (AvgIpc) is 2.71. The molecule has 1 aromatic rings. The molecule has 0 saturated heterocycles. The van der Waals surface area contributed by atoms with E-state index in [4.69, 9.17) is 15.0 Å². The molecule has 0 amide bonds. The summed E-state index contributed by atoms with van der Waals surface area (Å²) in [7, 11) is 0. The third-order valence-electron chi connectivity index (χ3n) is 2.62. The highest BCUT2D eigenvalue weighted by Crippen LogP contribution is 2.34. The minimum absolute atomic E-state index is 0.147. The molecule has 0 saturated carbocycles. The van der Waals surface area contributed by atoms with E-state index in [0.29, 0.717) is 12.4 Å². The first-order chi connectivity index (χ1) is 8.27. The van der Waals surface area contributed by atoms with Crippen molar-refractivity contribution in [1.29, 1.82) is 0 Å². The van der Waals surface area contributed by atoms with Gasteiger partial charge in [0.25, 0.3) is 0 Å². The fraction of sp³-hybridized carbons (Fsp3) is 0.833. The largest absolute Gasteiger partial charge is 0.391 e. The highest BCUT2D eigenvalue weighted by molar-refractivity contribution is 4.99. The van der Waals surface area contributed by atoms with Crippen LogP contribution in [0, 0.1) is 5.41 Å². The van der Waals surface area contributed by atoms with Crippen molar-refractivity contribution in [2.24, 2.45) is 11.1 Å². The average molecular weight is 257 g/mol. The van der Waals surface area contributed by atoms with Crippen molar-refractivity contribution < 1.29 is 14.4 Å². The Kier molecular flexibility index (Phi) is 4.84. The van der Waals surface area contributed by atoms with Gasteiger partial charge in [-0.2, -0.15) is 4.98 Å². The van der Waals surface area contributed by atoms with Crippen LogP contribution < -0.4 is 5.73 Å². The monoisotopic (exact) mass is 257 g/mol. The summed E-state index contributed by atoms with van der Waals surface area (Å²) in [5, 5.41) is 13.3. The van der Waals surface area contributed by atoms with E-state index >= 15 is 0 Å². The van der Waals surface area contributed by atoms with Gasteiger partial charge in [-0.15, -0.1) is 0 Å². The maximum atomic E-state index is 9.40. The summed E-state index contributed by atoms with van der Waals surface area (Å²) in [5.41, 5.74) is 5.60. The SMILES string of the molecule is CCOC(c1noc([C@@H](N)[C@@H](C)O)n1)C(C)(C)C. The molecule has 0 bridgehead atoms. The zero-order valence-corrected chi connectivity index (χ0v) is 11.7. The minimum atomic E-state index is -0.738. The number of hydrogen-bond donors (Lipinski definition) is 2. The predicted octanol–water partition coefficient (Wildman–Crippen LogP) is 1.57. The van der Waals surface area contributed by atoms with Gasteiger partial charge in [0.2, 0.25) is 11.7 Å². The fourth-order valence-electron chi connectivity index (χ4n) is 1.57. The van der Waals surface area contributed by atoms with Crippen molar-refractivity contribution in [2.75, 3.05) is 6.61 Å². The number of nitrogens with zero attached hydrogens (tertiary/aromatic N) is 2. The van der Waals surface area contributed by atoms with Crippen LogP contribution in [0.5, 0.6) is 0 Å². The summed E-state index contributed by atoms with van der Waals surface area (Å²) >= 11 is 0. The maximum Gasteiger partial charge on any atom is 0.246 e. The lowest BCUT2D eigenvalue weighted by atomic mass is 9.88. The molecule has 1 heterocycles. The first-order valence-corrected chi connectivity index (χ1v) is 6.16. The van der Waals surface area contributed by atoms with Crippen LogP contribution in [-0.4, -0.2) is 28.0 Å². The second-order valence-electron chi connectivity index (χ2n) is 5.46. The number of hydrogen-bond acceptors (Lipinski definition) is 6. The van der Waals surface area contributed by atoms with Gasteiger partial charge in [-0.05, 0) is 19.3 Å². The van der Waals surface area contributed by atoms with Gasteiger partial charge in [-0.1, -0.05) is 25.9 Å². The molecule has 0 spiro atoms. The topological polar surface area (TPSA) is 94.4 Å². The molecule has 0 fully saturated rings. The van der Waals surface area contributed by atoms with E-state index < -0.39 is 12.1 Å². The van der Waals surface area contributed by atoms with E-state index in [9.17, 15) is 5.11 Å². The van der Waals surface area contributed by atoms with Crippen molar-refractivity contribution in [3.8, 4) is 0 Å². The van der Waals surface area contributed by atoms with Gasteiger partial charge in [-0.25, -0.2) is 0 Å². The van der Waals surface area contributed by atoms with E-state index in [2.05, 4.69) is 10.1 Å². The van der Waals surface area contributed by atoms with Gasteiger partial charge in [0.05, 0.1) is 6.10 Å². The van der Waals surface area contributed by atoms with Gasteiger partial charge in [0.1, 0.15) is 12.1 Å². The third kappa shape index (κ3) is 3.51. The van der Waals surface area contributed by atoms with Crippen LogP contribution in [0.4, 0.5) is 0 Å². The van der Waals surface area contributed by atoms with Crippen molar-refractivity contribution in [1.82, 2.24) is 10.1 Å². The molecular weight excluding hydrogens is 234 g/mol. The number of ether oxygens (including phenoxy) is 1. The molecule has 104 valence electrons. The lowest BCUT2D eigenvalue weighted by Crippen LogP contribution is -2.25. The van der Waals surface area contributed by atoms with Gasteiger partial charge in [0.15, 0.2) is 0 Å². The van der Waals surface area contributed by atoms with E-state index in [-0.39, 0.29) is 17.4 Å².